The largest absolute Gasteiger partial charge is 0.378 e. The van der Waals surface area contributed by atoms with Crippen molar-refractivity contribution in [2.24, 2.45) is 5.73 Å². The van der Waals surface area contributed by atoms with Crippen molar-refractivity contribution in [2.75, 3.05) is 13.2 Å². The van der Waals surface area contributed by atoms with Gasteiger partial charge in [0.2, 0.25) is 0 Å². The second kappa shape index (κ2) is 3.91. The van der Waals surface area contributed by atoms with Gasteiger partial charge in [0.05, 0.1) is 13.2 Å². The Hall–Kier alpha value is -0.930. The molecule has 15 heavy (non-hydrogen) atoms. The van der Waals surface area contributed by atoms with Gasteiger partial charge in [0, 0.05) is 12.5 Å². The first-order valence-electron chi connectivity index (χ1n) is 5.25. The van der Waals surface area contributed by atoms with Crippen LogP contribution in [0.25, 0.3) is 0 Å². The molecule has 1 heterocycles. The zero-order valence-electron chi connectivity index (χ0n) is 8.87. The molecule has 1 aliphatic rings. The maximum atomic E-state index is 14.5. The number of ether oxygens (including phenoxy) is 1. The third kappa shape index (κ3) is 1.90. The van der Waals surface area contributed by atoms with Crippen molar-refractivity contribution >= 4 is 0 Å². The molecule has 0 aliphatic carbocycles. The van der Waals surface area contributed by atoms with Crippen molar-refractivity contribution in [2.45, 2.75) is 25.1 Å². The van der Waals surface area contributed by atoms with Crippen molar-refractivity contribution in [1.29, 1.82) is 0 Å². The first-order valence-corrected chi connectivity index (χ1v) is 5.25. The normalized spacial score (nSPS) is 27.9. The van der Waals surface area contributed by atoms with Gasteiger partial charge >= 0.3 is 0 Å². The first kappa shape index (κ1) is 10.6. The summed E-state index contributed by atoms with van der Waals surface area (Å²) in [4.78, 5) is 0. The van der Waals surface area contributed by atoms with Crippen LogP contribution in [0.15, 0.2) is 24.3 Å². The van der Waals surface area contributed by atoms with Crippen LogP contribution in [0.3, 0.4) is 0 Å². The Labute approximate surface area is 89.2 Å². The number of halogens is 1. The maximum Gasteiger partial charge on any atom is 0.161 e. The minimum Gasteiger partial charge on any atom is -0.378 e. The highest BCUT2D eigenvalue weighted by molar-refractivity contribution is 5.35. The molecular formula is C12H16FNO. The summed E-state index contributed by atoms with van der Waals surface area (Å²) in [5.74, 6) is 0. The zero-order valence-corrected chi connectivity index (χ0v) is 8.87. The van der Waals surface area contributed by atoms with Crippen LogP contribution in [-0.2, 0) is 10.4 Å². The second-order valence-corrected chi connectivity index (χ2v) is 4.14. The van der Waals surface area contributed by atoms with E-state index in [4.69, 9.17) is 10.5 Å². The van der Waals surface area contributed by atoms with E-state index in [1.807, 2.05) is 31.2 Å². The van der Waals surface area contributed by atoms with E-state index in [0.29, 0.717) is 18.6 Å². The van der Waals surface area contributed by atoms with E-state index in [2.05, 4.69) is 0 Å². The van der Waals surface area contributed by atoms with Crippen LogP contribution in [0.4, 0.5) is 4.39 Å². The van der Waals surface area contributed by atoms with Crippen LogP contribution in [0.2, 0.25) is 0 Å². The summed E-state index contributed by atoms with van der Waals surface area (Å²) in [7, 11) is 0. The number of rotatable bonds is 2. The van der Waals surface area contributed by atoms with Gasteiger partial charge < -0.3 is 10.5 Å². The highest BCUT2D eigenvalue weighted by Gasteiger charge is 2.38. The van der Waals surface area contributed by atoms with Gasteiger partial charge in [-0.15, -0.1) is 0 Å². The fraction of sp³-hybridized carbons (Fsp3) is 0.500. The lowest BCUT2D eigenvalue weighted by Gasteiger charge is -2.22. The van der Waals surface area contributed by atoms with Gasteiger partial charge in [-0.25, -0.2) is 4.39 Å². The lowest BCUT2D eigenvalue weighted by atomic mass is 9.88. The smallest absolute Gasteiger partial charge is 0.161 e. The fourth-order valence-corrected chi connectivity index (χ4v) is 2.05. The zero-order chi connectivity index (χ0) is 10.9. The summed E-state index contributed by atoms with van der Waals surface area (Å²) in [6, 6.07) is 7.30. The Morgan fingerprint density at radius 3 is 2.80 bits per heavy atom. The SMILES string of the molecule is CC(N)c1ccccc1C1(F)CCOC1. The van der Waals surface area contributed by atoms with Gasteiger partial charge in [0.15, 0.2) is 5.67 Å². The molecule has 1 aromatic rings. The summed E-state index contributed by atoms with van der Waals surface area (Å²) in [6.07, 6.45) is 0.427. The predicted molar refractivity (Wildman–Crippen MR) is 57.3 cm³/mol. The average molecular weight is 209 g/mol. The van der Waals surface area contributed by atoms with Crippen molar-refractivity contribution in [1.82, 2.24) is 0 Å². The molecule has 2 rings (SSSR count). The van der Waals surface area contributed by atoms with Crippen molar-refractivity contribution in [3.8, 4) is 0 Å². The van der Waals surface area contributed by atoms with Crippen LogP contribution < -0.4 is 5.73 Å². The molecule has 1 aliphatic heterocycles. The number of nitrogens with two attached hydrogens (primary N) is 1. The lowest BCUT2D eigenvalue weighted by Crippen LogP contribution is -2.23. The van der Waals surface area contributed by atoms with Gasteiger partial charge in [-0.3, -0.25) is 0 Å². The third-order valence-electron chi connectivity index (χ3n) is 2.91. The molecular weight excluding hydrogens is 193 g/mol. The fourth-order valence-electron chi connectivity index (χ4n) is 2.05. The Bertz CT molecular complexity index is 345. The standard InChI is InChI=1S/C12H16FNO/c1-9(14)10-4-2-3-5-11(10)12(13)6-7-15-8-12/h2-5,9H,6-8,14H2,1H3. The molecule has 3 heteroatoms. The minimum absolute atomic E-state index is 0.144. The number of alkyl halides is 1. The van der Waals surface area contributed by atoms with E-state index in [1.54, 1.807) is 0 Å². The van der Waals surface area contributed by atoms with E-state index in [0.717, 1.165) is 5.56 Å². The molecule has 1 aromatic carbocycles. The Balaban J connectivity index is 2.42. The molecule has 0 aromatic heterocycles. The van der Waals surface area contributed by atoms with Crippen LogP contribution >= 0.6 is 0 Å². The van der Waals surface area contributed by atoms with Gasteiger partial charge in [0.1, 0.15) is 0 Å². The van der Waals surface area contributed by atoms with Crippen LogP contribution in [0.5, 0.6) is 0 Å². The highest BCUT2D eigenvalue weighted by atomic mass is 19.1. The highest BCUT2D eigenvalue weighted by Crippen LogP contribution is 2.37. The Kier molecular flexibility index (Phi) is 2.76. The van der Waals surface area contributed by atoms with Crippen LogP contribution in [0, 0.1) is 0 Å². The monoisotopic (exact) mass is 209 g/mol. The maximum absolute atomic E-state index is 14.5. The van der Waals surface area contributed by atoms with Crippen LogP contribution in [-0.4, -0.2) is 13.2 Å². The summed E-state index contributed by atoms with van der Waals surface area (Å²) in [5.41, 5.74) is 6.06. The van der Waals surface area contributed by atoms with E-state index in [9.17, 15) is 4.39 Å². The predicted octanol–water partition coefficient (Wildman–Crippen LogP) is 2.29. The summed E-state index contributed by atoms with van der Waals surface area (Å²) >= 11 is 0. The van der Waals surface area contributed by atoms with E-state index < -0.39 is 5.67 Å². The molecule has 0 bridgehead atoms. The van der Waals surface area contributed by atoms with Crippen molar-refractivity contribution in [3.63, 3.8) is 0 Å². The number of hydrogen-bond acceptors (Lipinski definition) is 2. The van der Waals surface area contributed by atoms with E-state index >= 15 is 0 Å². The average Bonchev–Trinajstić information content (AvgIpc) is 2.66. The minimum atomic E-state index is -1.34. The lowest BCUT2D eigenvalue weighted by molar-refractivity contribution is 0.111. The Morgan fingerprint density at radius 1 is 1.47 bits per heavy atom. The molecule has 2 atom stereocenters. The molecule has 2 unspecified atom stereocenters. The van der Waals surface area contributed by atoms with Gasteiger partial charge in [-0.2, -0.15) is 0 Å². The Morgan fingerprint density at radius 2 is 2.20 bits per heavy atom. The summed E-state index contributed by atoms with van der Waals surface area (Å²) < 4.78 is 19.6. The van der Waals surface area contributed by atoms with Crippen molar-refractivity contribution < 1.29 is 9.13 Å². The molecule has 0 spiro atoms. The quantitative estimate of drug-likeness (QED) is 0.811. The first-order chi connectivity index (χ1) is 7.13. The molecule has 0 saturated carbocycles. The molecule has 0 amide bonds. The van der Waals surface area contributed by atoms with Gasteiger partial charge in [0.25, 0.3) is 0 Å². The molecule has 2 N–H and O–H groups in total. The van der Waals surface area contributed by atoms with Gasteiger partial charge in [-0.05, 0) is 18.1 Å². The summed E-state index contributed by atoms with van der Waals surface area (Å²) in [6.45, 7) is 2.51. The van der Waals surface area contributed by atoms with E-state index in [1.165, 1.54) is 0 Å². The molecule has 2 nitrogen and oxygen atoms in total. The van der Waals surface area contributed by atoms with Gasteiger partial charge in [-0.1, -0.05) is 24.3 Å². The molecule has 1 fully saturated rings. The molecule has 82 valence electrons. The molecule has 0 radical (unpaired) electrons. The number of hydrogen-bond donors (Lipinski definition) is 1. The third-order valence-corrected chi connectivity index (χ3v) is 2.91. The topological polar surface area (TPSA) is 35.2 Å². The summed E-state index contributed by atoms with van der Waals surface area (Å²) in [5, 5.41) is 0. The second-order valence-electron chi connectivity index (χ2n) is 4.14. The molecule has 1 saturated heterocycles. The van der Waals surface area contributed by atoms with Crippen molar-refractivity contribution in [3.05, 3.63) is 35.4 Å². The van der Waals surface area contributed by atoms with Crippen LogP contribution in [0.1, 0.15) is 30.5 Å². The number of benzene rings is 1. The van der Waals surface area contributed by atoms with E-state index in [-0.39, 0.29) is 12.6 Å².